The summed E-state index contributed by atoms with van der Waals surface area (Å²) in [5.41, 5.74) is -1.49. The lowest BCUT2D eigenvalue weighted by Crippen LogP contribution is -2.60. The molecule has 0 amide bonds. The lowest BCUT2D eigenvalue weighted by Gasteiger charge is -2.51. The minimum atomic E-state index is -2.07. The van der Waals surface area contributed by atoms with Gasteiger partial charge in [-0.25, -0.2) is 0 Å². The van der Waals surface area contributed by atoms with Crippen molar-refractivity contribution in [3.8, 4) is 0 Å². The van der Waals surface area contributed by atoms with E-state index in [0.717, 1.165) is 0 Å². The summed E-state index contributed by atoms with van der Waals surface area (Å²) in [5.74, 6) is 0. The molecule has 4 atom stereocenters. The van der Waals surface area contributed by atoms with Gasteiger partial charge in [0.2, 0.25) is 0 Å². The Hall–Kier alpha value is -0.463. The Morgan fingerprint density at radius 3 is 2.45 bits per heavy atom. The molecule has 0 saturated heterocycles. The van der Waals surface area contributed by atoms with Gasteiger partial charge in [-0.1, -0.05) is 45.9 Å². The molecule has 2 rings (SSSR count). The fraction of sp³-hybridized carbons (Fsp3) is 0.765. The smallest absolute Gasteiger partial charge is 0.193 e. The number of hydrogen-bond donors (Lipinski definition) is 3. The van der Waals surface area contributed by atoms with Crippen LogP contribution in [-0.4, -0.2) is 48.1 Å². The number of fused-ring (bicyclic) bond motifs is 1. The minimum absolute atomic E-state index is 0.0279. The van der Waals surface area contributed by atoms with E-state index >= 15 is 0 Å². The summed E-state index contributed by atoms with van der Waals surface area (Å²) < 4.78 is 6.36. The molecule has 4 nitrogen and oxygen atoms in total. The van der Waals surface area contributed by atoms with Crippen LogP contribution in [0.15, 0.2) is 23.8 Å². The van der Waals surface area contributed by atoms with Gasteiger partial charge in [-0.3, -0.25) is 0 Å². The Bertz CT molecular complexity index is 505. The number of aliphatic hydroxyl groups excluding tert-OH is 2. The van der Waals surface area contributed by atoms with E-state index in [4.69, 9.17) is 4.43 Å². The topological polar surface area (TPSA) is 69.9 Å². The van der Waals surface area contributed by atoms with Crippen molar-refractivity contribution < 1.29 is 19.7 Å². The van der Waals surface area contributed by atoms with Gasteiger partial charge < -0.3 is 19.7 Å². The third-order valence-electron chi connectivity index (χ3n) is 6.00. The van der Waals surface area contributed by atoms with Crippen LogP contribution in [0, 0.1) is 5.41 Å². The molecule has 126 valence electrons. The molecule has 2 aliphatic rings. The van der Waals surface area contributed by atoms with Crippen molar-refractivity contribution in [3.63, 3.8) is 0 Å². The number of aliphatic hydroxyl groups is 3. The zero-order chi connectivity index (χ0) is 17.0. The van der Waals surface area contributed by atoms with E-state index in [9.17, 15) is 15.3 Å². The molecule has 0 fully saturated rings. The largest absolute Gasteiger partial charge is 0.408 e. The SMILES string of the molecule is CC(C)(C)[Si](C)(C)O[C@@H]1C=C(CO)[C@@]2(O)CC=C[C@]2(C)[C@H]1O. The van der Waals surface area contributed by atoms with Crippen molar-refractivity contribution in [2.45, 2.75) is 70.1 Å². The highest BCUT2D eigenvalue weighted by molar-refractivity contribution is 6.74. The van der Waals surface area contributed by atoms with Gasteiger partial charge in [0.05, 0.1) is 18.8 Å². The quantitative estimate of drug-likeness (QED) is 0.550. The first-order chi connectivity index (χ1) is 9.89. The highest BCUT2D eigenvalue weighted by Gasteiger charge is 2.59. The lowest BCUT2D eigenvalue weighted by molar-refractivity contribution is -0.118. The van der Waals surface area contributed by atoms with Crippen LogP contribution in [0.5, 0.6) is 0 Å². The lowest BCUT2D eigenvalue weighted by atomic mass is 9.63. The Labute approximate surface area is 134 Å². The van der Waals surface area contributed by atoms with Crippen LogP contribution < -0.4 is 0 Å². The summed E-state index contributed by atoms with van der Waals surface area (Å²) in [4.78, 5) is 0. The van der Waals surface area contributed by atoms with Gasteiger partial charge in [0, 0.05) is 5.41 Å². The van der Waals surface area contributed by atoms with Gasteiger partial charge >= 0.3 is 0 Å². The molecule has 0 aliphatic heterocycles. The molecule has 0 saturated carbocycles. The molecule has 0 spiro atoms. The first-order valence-corrected chi connectivity index (χ1v) is 10.9. The van der Waals surface area contributed by atoms with Crippen LogP contribution in [0.25, 0.3) is 0 Å². The first kappa shape index (κ1) is 17.9. The van der Waals surface area contributed by atoms with Gasteiger partial charge in [0.1, 0.15) is 5.60 Å². The molecule has 0 aromatic rings. The molecular weight excluding hydrogens is 296 g/mol. The molecule has 0 unspecified atom stereocenters. The van der Waals surface area contributed by atoms with Crippen LogP contribution in [0.3, 0.4) is 0 Å². The second-order valence-electron chi connectivity index (χ2n) is 8.39. The Kier molecular flexibility index (Phi) is 4.29. The average molecular weight is 327 g/mol. The molecule has 0 heterocycles. The molecule has 0 aromatic carbocycles. The standard InChI is InChI=1S/C17H30O4Si/c1-15(2,3)22(5,6)21-13-10-12(11-18)17(20)9-7-8-16(17,4)14(13)19/h7-8,10,13-14,18-20H,9,11H2,1-6H3/t13-,14+,16-,17+/m1/s1. The van der Waals surface area contributed by atoms with Gasteiger partial charge in [-0.15, -0.1) is 0 Å². The Morgan fingerprint density at radius 2 is 1.95 bits per heavy atom. The van der Waals surface area contributed by atoms with Gasteiger partial charge in [-0.2, -0.15) is 0 Å². The van der Waals surface area contributed by atoms with Gasteiger partial charge in [0.25, 0.3) is 0 Å². The van der Waals surface area contributed by atoms with E-state index in [0.29, 0.717) is 12.0 Å². The second-order valence-corrected chi connectivity index (χ2v) is 13.1. The van der Waals surface area contributed by atoms with Crippen LogP contribution in [-0.2, 0) is 4.43 Å². The van der Waals surface area contributed by atoms with Crippen LogP contribution in [0.4, 0.5) is 0 Å². The highest BCUT2D eigenvalue weighted by atomic mass is 28.4. The van der Waals surface area contributed by atoms with E-state index in [2.05, 4.69) is 33.9 Å². The summed E-state index contributed by atoms with van der Waals surface area (Å²) in [7, 11) is -2.07. The van der Waals surface area contributed by atoms with Gasteiger partial charge in [-0.05, 0) is 30.1 Å². The Balaban J connectivity index is 2.40. The number of hydrogen-bond acceptors (Lipinski definition) is 4. The zero-order valence-electron chi connectivity index (χ0n) is 14.6. The maximum atomic E-state index is 11.0. The molecule has 3 N–H and O–H groups in total. The third kappa shape index (κ3) is 2.43. The molecule has 0 radical (unpaired) electrons. The summed E-state index contributed by atoms with van der Waals surface area (Å²) in [6.07, 6.45) is 4.56. The van der Waals surface area contributed by atoms with E-state index in [1.807, 2.05) is 19.1 Å². The Morgan fingerprint density at radius 1 is 1.36 bits per heavy atom. The predicted molar refractivity (Wildman–Crippen MR) is 90.1 cm³/mol. The normalized spacial score (nSPS) is 38.9. The van der Waals surface area contributed by atoms with Crippen LogP contribution >= 0.6 is 0 Å². The van der Waals surface area contributed by atoms with Crippen LogP contribution in [0.2, 0.25) is 18.1 Å². The van der Waals surface area contributed by atoms with Crippen molar-refractivity contribution in [1.82, 2.24) is 0 Å². The predicted octanol–water partition coefficient (Wildman–Crippen LogP) is 2.37. The maximum Gasteiger partial charge on any atom is 0.193 e. The summed E-state index contributed by atoms with van der Waals surface area (Å²) in [6.45, 7) is 12.3. The second kappa shape index (κ2) is 5.28. The molecule has 5 heteroatoms. The zero-order valence-corrected chi connectivity index (χ0v) is 15.6. The van der Waals surface area contributed by atoms with E-state index < -0.39 is 31.5 Å². The third-order valence-corrected chi connectivity index (χ3v) is 10.5. The fourth-order valence-electron chi connectivity index (χ4n) is 3.22. The summed E-state index contributed by atoms with van der Waals surface area (Å²) >= 11 is 0. The molecular formula is C17H30O4Si. The fourth-order valence-corrected chi connectivity index (χ4v) is 4.45. The van der Waals surface area contributed by atoms with Crippen molar-refractivity contribution in [3.05, 3.63) is 23.8 Å². The first-order valence-electron chi connectivity index (χ1n) is 7.97. The van der Waals surface area contributed by atoms with E-state index in [-0.39, 0.29) is 11.6 Å². The van der Waals surface area contributed by atoms with E-state index in [1.165, 1.54) is 0 Å². The van der Waals surface area contributed by atoms with Gasteiger partial charge in [0.15, 0.2) is 8.32 Å². The average Bonchev–Trinajstić information content (AvgIpc) is 2.70. The molecule has 2 aliphatic carbocycles. The van der Waals surface area contributed by atoms with Crippen LogP contribution in [0.1, 0.15) is 34.1 Å². The van der Waals surface area contributed by atoms with Crippen molar-refractivity contribution >= 4 is 8.32 Å². The summed E-state index contributed by atoms with van der Waals surface area (Å²) in [6, 6.07) is 0. The summed E-state index contributed by atoms with van der Waals surface area (Å²) in [5, 5.41) is 31.6. The minimum Gasteiger partial charge on any atom is -0.408 e. The van der Waals surface area contributed by atoms with E-state index in [1.54, 1.807) is 6.08 Å². The van der Waals surface area contributed by atoms with Crippen molar-refractivity contribution in [2.75, 3.05) is 6.61 Å². The van der Waals surface area contributed by atoms with Crippen molar-refractivity contribution in [2.24, 2.45) is 5.41 Å². The molecule has 0 aromatic heterocycles. The molecule has 22 heavy (non-hydrogen) atoms. The van der Waals surface area contributed by atoms with Crippen molar-refractivity contribution in [1.29, 1.82) is 0 Å². The maximum absolute atomic E-state index is 11.0. The number of rotatable bonds is 3. The highest BCUT2D eigenvalue weighted by Crippen LogP contribution is 2.53. The molecule has 0 bridgehead atoms. The monoisotopic (exact) mass is 326 g/mol.